The van der Waals surface area contributed by atoms with E-state index in [-0.39, 0.29) is 17.8 Å². The van der Waals surface area contributed by atoms with E-state index in [2.05, 4.69) is 37.1 Å². The molecule has 1 N–H and O–H groups in total. The molecule has 0 saturated heterocycles. The molecule has 428 valence electrons. The van der Waals surface area contributed by atoms with Crippen LogP contribution in [0.3, 0.4) is 0 Å². The predicted octanol–water partition coefficient (Wildman–Crippen LogP) is 21.8. The highest BCUT2D eigenvalue weighted by Gasteiger charge is 2.40. The van der Waals surface area contributed by atoms with Crippen molar-refractivity contribution in [3.8, 4) is 0 Å². The lowest BCUT2D eigenvalue weighted by molar-refractivity contribution is 0.546. The Labute approximate surface area is 510 Å². The van der Waals surface area contributed by atoms with E-state index in [0.29, 0.717) is 34.0 Å². The zero-order valence-corrected chi connectivity index (χ0v) is 47.7. The first-order valence-corrected chi connectivity index (χ1v) is 29.0. The Morgan fingerprint density at radius 1 is 0.273 bits per heavy atom. The van der Waals surface area contributed by atoms with Crippen molar-refractivity contribution in [3.63, 3.8) is 0 Å². The van der Waals surface area contributed by atoms with Gasteiger partial charge in [0.25, 0.3) is 0 Å². The van der Waals surface area contributed by atoms with Gasteiger partial charge in [-0.25, -0.2) is 17.6 Å². The normalized spacial score (nSPS) is 13.6. The molecule has 1 atom stereocenters. The second-order valence-corrected chi connectivity index (χ2v) is 21.3. The number of hydrogen-bond acceptors (Lipinski definition) is 6. The molecule has 1 aliphatic carbocycles. The minimum atomic E-state index is -1.55. The minimum Gasteiger partial charge on any atom is -0.367 e. The van der Waals surface area contributed by atoms with Gasteiger partial charge < -0.3 is 29.8 Å². The molecule has 0 aromatic heterocycles. The summed E-state index contributed by atoms with van der Waals surface area (Å²) in [5.74, 6) is -3.26. The number of anilines is 14. The van der Waals surface area contributed by atoms with E-state index < -0.39 is 28.8 Å². The lowest BCUT2D eigenvalue weighted by Crippen LogP contribution is -2.40. The summed E-state index contributed by atoms with van der Waals surface area (Å²) in [5.41, 5.74) is 8.41. The molecule has 12 aromatic carbocycles. The van der Waals surface area contributed by atoms with Crippen LogP contribution in [0.4, 0.5) is 97.2 Å². The maximum absolute atomic E-state index is 17.5. The van der Waals surface area contributed by atoms with Crippen molar-refractivity contribution in [2.24, 2.45) is 0 Å². The Balaban J connectivity index is 1.10. The Hall–Kier alpha value is -11.4. The summed E-state index contributed by atoms with van der Waals surface area (Å²) < 4.78 is 68.6. The second-order valence-electron chi connectivity index (χ2n) is 21.3. The van der Waals surface area contributed by atoms with Crippen LogP contribution in [0.15, 0.2) is 345 Å². The van der Waals surface area contributed by atoms with Crippen LogP contribution in [0, 0.1) is 23.3 Å². The van der Waals surface area contributed by atoms with Crippen molar-refractivity contribution in [1.82, 2.24) is 0 Å². The molecule has 88 heavy (non-hydrogen) atoms. The van der Waals surface area contributed by atoms with E-state index in [1.165, 1.54) is 36.4 Å². The molecule has 1 aliphatic rings. The second kappa shape index (κ2) is 25.1. The van der Waals surface area contributed by atoms with Gasteiger partial charge in [0.2, 0.25) is 0 Å². The molecule has 1 unspecified atom stereocenters. The van der Waals surface area contributed by atoms with E-state index in [1.807, 2.05) is 285 Å². The summed E-state index contributed by atoms with van der Waals surface area (Å²) >= 11 is 0. The molecule has 10 heteroatoms. The fourth-order valence-corrected chi connectivity index (χ4v) is 11.7. The van der Waals surface area contributed by atoms with Gasteiger partial charge in [-0.2, -0.15) is 0 Å². The van der Waals surface area contributed by atoms with Gasteiger partial charge in [0, 0.05) is 69.0 Å². The predicted molar refractivity (Wildman–Crippen MR) is 353 cm³/mol. The van der Waals surface area contributed by atoms with Crippen molar-refractivity contribution >= 4 is 79.6 Å². The molecule has 6 nitrogen and oxygen atoms in total. The van der Waals surface area contributed by atoms with Crippen LogP contribution in [0.2, 0.25) is 0 Å². The third kappa shape index (κ3) is 11.5. The lowest BCUT2D eigenvalue weighted by Gasteiger charge is -2.43. The van der Waals surface area contributed by atoms with Gasteiger partial charge in [-0.1, -0.05) is 170 Å². The topological polar surface area (TPSA) is 28.2 Å². The average Bonchev–Trinajstić information content (AvgIpc) is 1.80. The molecule has 12 aromatic rings. The molecular formula is C78H58F4N6. The molecule has 0 bridgehead atoms. The first kappa shape index (κ1) is 55.8. The van der Waals surface area contributed by atoms with E-state index in [4.69, 9.17) is 0 Å². The van der Waals surface area contributed by atoms with E-state index in [1.54, 1.807) is 4.90 Å². The minimum absolute atomic E-state index is 0.0921. The maximum atomic E-state index is 17.5. The number of para-hydroxylation sites is 10. The molecule has 0 fully saturated rings. The van der Waals surface area contributed by atoms with Crippen LogP contribution in [-0.2, 0) is 5.54 Å². The van der Waals surface area contributed by atoms with Crippen LogP contribution in [0.25, 0.3) is 0 Å². The lowest BCUT2D eigenvalue weighted by atomic mass is 9.79. The van der Waals surface area contributed by atoms with Crippen LogP contribution in [0.5, 0.6) is 0 Å². The summed E-state index contributed by atoms with van der Waals surface area (Å²) in [6.45, 7) is 0. The highest BCUT2D eigenvalue weighted by molar-refractivity contribution is 5.90. The number of halogens is 4. The van der Waals surface area contributed by atoms with E-state index >= 15 is 17.6 Å². The van der Waals surface area contributed by atoms with E-state index in [0.717, 1.165) is 51.2 Å². The first-order chi connectivity index (χ1) is 43.3. The summed E-state index contributed by atoms with van der Waals surface area (Å²) in [6.07, 6.45) is 4.22. The zero-order valence-electron chi connectivity index (χ0n) is 47.7. The number of nitrogens with one attached hydrogen (secondary N) is 1. The summed E-state index contributed by atoms with van der Waals surface area (Å²) in [5, 5.41) is 3.51. The van der Waals surface area contributed by atoms with Crippen LogP contribution < -0.4 is 29.8 Å². The SMILES string of the molecule is Fc1cccc(F)c1NC1(c2cccc(N(c3cc(N(c4ccccc4)c4ccccc4)cc(N(c4ccccc4)c4ccccc4)c3)c3c(F)cccc3F)c2)C=C(N(c2ccccc2)c2ccccc2)C=C(N(c2ccccc2)c2ccccc2)C1. The standard InChI is InChI=1S/C78H58F4N6/c79-72-46-26-47-73(80)76(72)83-78(55-70(86(62-37-17-5-18-38-62)63-39-19-6-20-40-63)54-71(56-78)87(64-41-21-7-22-42-64)65-43-23-8-24-44-65)57-28-25-45-66(50-57)88(77-74(81)48-27-49-75(77)82)69-52-67(84(58-29-9-1-10-30-58)59-31-11-2-12-32-59)51-68(53-69)85(60-33-13-3-14-34-60)61-35-15-4-16-36-61/h1-55,83H,56H2. The monoisotopic (exact) mass is 1150 g/mol. The smallest absolute Gasteiger partial charge is 0.150 e. The van der Waals surface area contributed by atoms with Crippen molar-refractivity contribution in [1.29, 1.82) is 0 Å². The first-order valence-electron chi connectivity index (χ1n) is 29.0. The Kier molecular flexibility index (Phi) is 15.9. The van der Waals surface area contributed by atoms with Crippen LogP contribution in [-0.4, -0.2) is 0 Å². The number of nitrogens with zero attached hydrogens (tertiary/aromatic N) is 5. The number of rotatable bonds is 18. The maximum Gasteiger partial charge on any atom is 0.150 e. The summed E-state index contributed by atoms with van der Waals surface area (Å²) in [4.78, 5) is 10.1. The Morgan fingerprint density at radius 3 is 0.955 bits per heavy atom. The van der Waals surface area contributed by atoms with Crippen molar-refractivity contribution in [2.45, 2.75) is 12.0 Å². The third-order valence-corrected chi connectivity index (χ3v) is 15.6. The highest BCUT2D eigenvalue weighted by Crippen LogP contribution is 2.50. The van der Waals surface area contributed by atoms with E-state index in [9.17, 15) is 0 Å². The quantitative estimate of drug-likeness (QED) is 0.0861. The molecule has 0 radical (unpaired) electrons. The molecule has 0 saturated carbocycles. The highest BCUT2D eigenvalue weighted by atomic mass is 19.1. The molecular weight excluding hydrogens is 1100 g/mol. The fraction of sp³-hybridized carbons (Fsp3) is 0.0256. The molecule has 0 amide bonds. The van der Waals surface area contributed by atoms with Gasteiger partial charge >= 0.3 is 0 Å². The van der Waals surface area contributed by atoms with Gasteiger partial charge in [-0.3, -0.25) is 0 Å². The zero-order chi connectivity index (χ0) is 59.8. The van der Waals surface area contributed by atoms with Crippen LogP contribution >= 0.6 is 0 Å². The molecule has 13 rings (SSSR count). The van der Waals surface area contributed by atoms with Gasteiger partial charge in [-0.15, -0.1) is 0 Å². The Morgan fingerprint density at radius 2 is 0.580 bits per heavy atom. The van der Waals surface area contributed by atoms with Gasteiger partial charge in [0.05, 0.1) is 22.6 Å². The van der Waals surface area contributed by atoms with Gasteiger partial charge in [0.1, 0.15) is 34.6 Å². The third-order valence-electron chi connectivity index (χ3n) is 15.6. The van der Waals surface area contributed by atoms with Crippen LogP contribution in [0.1, 0.15) is 12.0 Å². The molecule has 0 spiro atoms. The number of allylic oxidation sites excluding steroid dienone is 1. The fourth-order valence-electron chi connectivity index (χ4n) is 11.7. The van der Waals surface area contributed by atoms with Crippen molar-refractivity contribution < 1.29 is 17.6 Å². The molecule has 0 aliphatic heterocycles. The average molecular weight is 1160 g/mol. The number of hydrogen-bond donors (Lipinski definition) is 1. The summed E-state index contributed by atoms with van der Waals surface area (Å²) in [6, 6.07) is 101. The van der Waals surface area contributed by atoms with Crippen molar-refractivity contribution in [3.05, 3.63) is 374 Å². The van der Waals surface area contributed by atoms with Gasteiger partial charge in [-0.05, 0) is 169 Å². The van der Waals surface area contributed by atoms with Crippen molar-refractivity contribution in [2.75, 3.05) is 29.8 Å². The summed E-state index contributed by atoms with van der Waals surface area (Å²) in [7, 11) is 0. The largest absolute Gasteiger partial charge is 0.367 e. The molecule has 0 heterocycles. The Bertz CT molecular complexity index is 4090. The van der Waals surface area contributed by atoms with Gasteiger partial charge in [0.15, 0.2) is 0 Å². The number of benzene rings is 12.